The molecule has 2 N–H and O–H groups in total. The highest BCUT2D eigenvalue weighted by Crippen LogP contribution is 2.07. The van der Waals surface area contributed by atoms with Crippen LogP contribution in [0, 0.1) is 0 Å². The maximum Gasteiger partial charge on any atom is 0.303 e. The van der Waals surface area contributed by atoms with Crippen LogP contribution in [0.5, 0.6) is 0 Å². The topological polar surface area (TPSA) is 156 Å². The Morgan fingerprint density at radius 1 is 0.939 bits per heavy atom. The first kappa shape index (κ1) is 31.3. The molecule has 11 nitrogen and oxygen atoms in total. The summed E-state index contributed by atoms with van der Waals surface area (Å²) in [6.07, 6.45) is 1.29. The van der Waals surface area contributed by atoms with E-state index >= 15 is 0 Å². The maximum absolute atomic E-state index is 11.3. The Balaban J connectivity index is 0. The van der Waals surface area contributed by atoms with Crippen LogP contribution in [0.3, 0.4) is 0 Å². The number of aliphatic carboxylic acids is 1. The molecule has 11 heteroatoms. The monoisotopic (exact) mass is 458 g/mol. The average Bonchev–Trinajstić information content (AvgIpc) is 2.84. The van der Waals surface area contributed by atoms with Gasteiger partial charge in [-0.3, -0.25) is 14.6 Å². The number of amides is 1. The van der Waals surface area contributed by atoms with Gasteiger partial charge < -0.3 is 10.4 Å². The Morgan fingerprint density at radius 2 is 1.48 bits per heavy atom. The van der Waals surface area contributed by atoms with Crippen LogP contribution in [0.1, 0.15) is 60.2 Å². The smallest absolute Gasteiger partial charge is 0.303 e. The highest BCUT2D eigenvalue weighted by Gasteiger charge is 2.08. The molecule has 2 rings (SSSR count). The lowest BCUT2D eigenvalue weighted by Gasteiger charge is -2.02. The quantitative estimate of drug-likeness (QED) is 0.552. The van der Waals surface area contributed by atoms with Gasteiger partial charge in [0, 0.05) is 12.6 Å². The first-order valence-electron chi connectivity index (χ1n) is 10.5. The van der Waals surface area contributed by atoms with Crippen molar-refractivity contribution in [2.45, 2.75) is 60.9 Å². The molecule has 0 fully saturated rings. The third kappa shape index (κ3) is 17.5. The molecular formula is C22H34N8O3. The zero-order valence-corrected chi connectivity index (χ0v) is 20.2. The van der Waals surface area contributed by atoms with Gasteiger partial charge in [-0.05, 0) is 26.0 Å². The third-order valence-electron chi connectivity index (χ3n) is 2.82. The number of hydrogen-bond donors (Lipinski definition) is 2. The van der Waals surface area contributed by atoms with Crippen molar-refractivity contribution >= 4 is 11.9 Å². The highest BCUT2D eigenvalue weighted by atomic mass is 16.4. The molecule has 0 saturated heterocycles. The van der Waals surface area contributed by atoms with Crippen molar-refractivity contribution in [1.29, 1.82) is 0 Å². The number of rotatable bonds is 8. The van der Waals surface area contributed by atoms with Crippen LogP contribution in [0.2, 0.25) is 0 Å². The first-order chi connectivity index (χ1) is 15.8. The number of nitrogens with one attached hydrogen (secondary N) is 1. The minimum Gasteiger partial charge on any atom is -0.481 e. The summed E-state index contributed by atoms with van der Waals surface area (Å²) >= 11 is 0. The Kier molecular flexibility index (Phi) is 19.0. The number of pyridine rings is 1. The van der Waals surface area contributed by atoms with Crippen LogP contribution in [-0.4, -0.2) is 42.4 Å². The second-order valence-corrected chi connectivity index (χ2v) is 5.70. The van der Waals surface area contributed by atoms with Crippen molar-refractivity contribution in [3.8, 4) is 11.5 Å². The summed E-state index contributed by atoms with van der Waals surface area (Å²) in [6, 6.07) is 5.29. The number of carbonyl (C=O) groups is 2. The van der Waals surface area contributed by atoms with Crippen LogP contribution in [0.25, 0.3) is 11.5 Å². The predicted molar refractivity (Wildman–Crippen MR) is 127 cm³/mol. The van der Waals surface area contributed by atoms with E-state index in [9.17, 15) is 9.59 Å². The number of carboxylic acid groups (broad SMARTS) is 1. The summed E-state index contributed by atoms with van der Waals surface area (Å²) in [5.74, 6) is -0.894. The van der Waals surface area contributed by atoms with E-state index < -0.39 is 11.9 Å². The molecule has 0 saturated carbocycles. The Bertz CT molecular complexity index is 853. The number of azo groups is 1. The van der Waals surface area contributed by atoms with Crippen molar-refractivity contribution in [2.24, 2.45) is 10.2 Å². The SMILES string of the molecule is C=C(C)N=NC(=C)C.CC.CC.O=C(O)CCC(=O)NCc1nnc(-c2ccccn2)nn1. The standard InChI is InChI=1S/C12H12N6O3.C6H10N2.2C2H6/c19-10(4-5-11(20)21)14-7-9-15-17-12(18-16-9)8-3-1-2-6-13-8;1-5(2)7-8-6(3)4;2*1-2/h1-3,6H,4-5,7H2,(H,14,19)(H,20,21);1,3H2,2,4H3;2*1-2H3. The summed E-state index contributed by atoms with van der Waals surface area (Å²) in [6.45, 7) is 18.7. The van der Waals surface area contributed by atoms with E-state index in [0.717, 1.165) is 0 Å². The van der Waals surface area contributed by atoms with E-state index in [0.29, 0.717) is 17.1 Å². The Labute approximate surface area is 195 Å². The number of aromatic nitrogens is 5. The molecule has 0 aliphatic rings. The Hall–Kier alpha value is -3.89. The van der Waals surface area contributed by atoms with Crippen LogP contribution in [-0.2, 0) is 16.1 Å². The van der Waals surface area contributed by atoms with Crippen LogP contribution in [0.15, 0.2) is 59.2 Å². The summed E-state index contributed by atoms with van der Waals surface area (Å²) < 4.78 is 0. The van der Waals surface area contributed by atoms with Gasteiger partial charge in [0.25, 0.3) is 0 Å². The molecule has 2 aromatic rings. The number of carboxylic acids is 1. The molecule has 180 valence electrons. The lowest BCUT2D eigenvalue weighted by molar-refractivity contribution is -0.138. The Morgan fingerprint density at radius 3 is 1.91 bits per heavy atom. The van der Waals surface area contributed by atoms with Crippen molar-refractivity contribution in [3.63, 3.8) is 0 Å². The largest absolute Gasteiger partial charge is 0.481 e. The first-order valence-corrected chi connectivity index (χ1v) is 10.5. The molecule has 0 bridgehead atoms. The van der Waals surface area contributed by atoms with Gasteiger partial charge in [-0.2, -0.15) is 10.2 Å². The molecule has 0 aliphatic carbocycles. The lowest BCUT2D eigenvalue weighted by atomic mass is 10.3. The van der Waals surface area contributed by atoms with E-state index in [2.05, 4.69) is 54.1 Å². The molecule has 0 aromatic carbocycles. The molecule has 0 aliphatic heterocycles. The molecule has 1 amide bonds. The van der Waals surface area contributed by atoms with Crippen molar-refractivity contribution in [2.75, 3.05) is 0 Å². The van der Waals surface area contributed by atoms with E-state index in [1.54, 1.807) is 38.2 Å². The summed E-state index contributed by atoms with van der Waals surface area (Å²) in [5, 5.41) is 33.7. The van der Waals surface area contributed by atoms with Gasteiger partial charge in [-0.15, -0.1) is 20.4 Å². The number of carbonyl (C=O) groups excluding carboxylic acids is 1. The second kappa shape index (κ2) is 20.0. The van der Waals surface area contributed by atoms with E-state index in [1.165, 1.54) is 0 Å². The number of allylic oxidation sites excluding steroid dienone is 2. The molecule has 0 unspecified atom stereocenters. The summed E-state index contributed by atoms with van der Waals surface area (Å²) in [7, 11) is 0. The molecule has 33 heavy (non-hydrogen) atoms. The molecule has 0 atom stereocenters. The van der Waals surface area contributed by atoms with Gasteiger partial charge in [0.15, 0.2) is 5.82 Å². The number of nitrogens with zero attached hydrogens (tertiary/aromatic N) is 7. The predicted octanol–water partition coefficient (Wildman–Crippen LogP) is 4.37. The fourth-order valence-corrected chi connectivity index (χ4v) is 1.58. The average molecular weight is 459 g/mol. The van der Waals surface area contributed by atoms with Gasteiger partial charge in [0.1, 0.15) is 5.69 Å². The van der Waals surface area contributed by atoms with Crippen molar-refractivity contribution in [1.82, 2.24) is 30.7 Å². The van der Waals surface area contributed by atoms with Crippen LogP contribution >= 0.6 is 0 Å². The zero-order chi connectivity index (χ0) is 25.6. The summed E-state index contributed by atoms with van der Waals surface area (Å²) in [4.78, 5) is 25.7. The van der Waals surface area contributed by atoms with Crippen molar-refractivity contribution in [3.05, 3.63) is 54.8 Å². The van der Waals surface area contributed by atoms with Gasteiger partial charge in [-0.1, -0.05) is 46.9 Å². The van der Waals surface area contributed by atoms with Crippen LogP contribution < -0.4 is 5.32 Å². The van der Waals surface area contributed by atoms with Crippen molar-refractivity contribution < 1.29 is 14.7 Å². The van der Waals surface area contributed by atoms with Gasteiger partial charge in [0.05, 0.1) is 24.4 Å². The fourth-order valence-electron chi connectivity index (χ4n) is 1.58. The fraction of sp³-hybridized carbons (Fsp3) is 0.409. The lowest BCUT2D eigenvalue weighted by Crippen LogP contribution is -2.24. The number of hydrogen-bond acceptors (Lipinski definition) is 9. The molecule has 0 radical (unpaired) electrons. The maximum atomic E-state index is 11.3. The molecule has 0 spiro atoms. The minimum absolute atomic E-state index is 0.0426. The van der Waals surface area contributed by atoms with Gasteiger partial charge >= 0.3 is 5.97 Å². The van der Waals surface area contributed by atoms with E-state index in [-0.39, 0.29) is 31.0 Å². The second-order valence-electron chi connectivity index (χ2n) is 5.70. The molecule has 2 heterocycles. The van der Waals surface area contributed by atoms with Gasteiger partial charge in [-0.25, -0.2) is 0 Å². The molecular weight excluding hydrogens is 424 g/mol. The van der Waals surface area contributed by atoms with Gasteiger partial charge in [0.2, 0.25) is 11.7 Å². The minimum atomic E-state index is -1.02. The normalized spacial score (nSPS) is 9.15. The van der Waals surface area contributed by atoms with E-state index in [1.807, 2.05) is 27.7 Å². The van der Waals surface area contributed by atoms with Crippen LogP contribution in [0.4, 0.5) is 0 Å². The third-order valence-corrected chi connectivity index (χ3v) is 2.82. The highest BCUT2D eigenvalue weighted by molar-refractivity contribution is 5.80. The molecule has 2 aromatic heterocycles. The van der Waals surface area contributed by atoms with E-state index in [4.69, 9.17) is 5.11 Å². The summed E-state index contributed by atoms with van der Waals surface area (Å²) in [5.41, 5.74) is 1.95. The zero-order valence-electron chi connectivity index (χ0n) is 20.2.